The molecule has 2 N–H and O–H groups in total. The van der Waals surface area contributed by atoms with Crippen molar-refractivity contribution in [2.75, 3.05) is 38.1 Å². The number of rotatable bonds is 7. The van der Waals surface area contributed by atoms with Gasteiger partial charge >= 0.3 is 0 Å². The zero-order valence-electron chi connectivity index (χ0n) is 16.3. The lowest BCUT2D eigenvalue weighted by atomic mass is 10.1. The monoisotopic (exact) mass is 415 g/mol. The molecule has 0 bridgehead atoms. The molecule has 1 aliphatic heterocycles. The molecule has 2 amide bonds. The van der Waals surface area contributed by atoms with E-state index in [1.165, 1.54) is 29.9 Å². The SMILES string of the molecule is CN(C(=O)c1ccccc1S)c1cc(C(=O)NCCN2CCCC2)ccc1OO. The number of benzene rings is 2. The molecular formula is C21H25N3O4S. The predicted molar refractivity (Wildman–Crippen MR) is 114 cm³/mol. The molecule has 1 heterocycles. The highest BCUT2D eigenvalue weighted by atomic mass is 32.1. The second-order valence-corrected chi connectivity index (χ2v) is 7.44. The molecule has 154 valence electrons. The van der Waals surface area contributed by atoms with Crippen LogP contribution in [0, 0.1) is 0 Å². The van der Waals surface area contributed by atoms with Gasteiger partial charge in [0.15, 0.2) is 5.75 Å². The van der Waals surface area contributed by atoms with Gasteiger partial charge < -0.3 is 20.0 Å². The normalized spacial score (nSPS) is 13.9. The van der Waals surface area contributed by atoms with Crippen LogP contribution in [0.4, 0.5) is 5.69 Å². The van der Waals surface area contributed by atoms with Crippen molar-refractivity contribution in [2.24, 2.45) is 0 Å². The molecule has 0 aromatic heterocycles. The van der Waals surface area contributed by atoms with E-state index in [0.29, 0.717) is 22.6 Å². The van der Waals surface area contributed by atoms with E-state index in [1.54, 1.807) is 37.4 Å². The summed E-state index contributed by atoms with van der Waals surface area (Å²) in [5.74, 6) is -0.503. The smallest absolute Gasteiger partial charge is 0.259 e. The number of carbonyl (C=O) groups is 2. The lowest BCUT2D eigenvalue weighted by Crippen LogP contribution is -2.33. The molecule has 0 atom stereocenters. The second-order valence-electron chi connectivity index (χ2n) is 6.96. The Hall–Kier alpha value is -2.55. The Kier molecular flexibility index (Phi) is 7.13. The summed E-state index contributed by atoms with van der Waals surface area (Å²) >= 11 is 4.33. The number of carbonyl (C=O) groups excluding carboxylic acids is 2. The first-order valence-corrected chi connectivity index (χ1v) is 9.98. The number of nitrogens with zero attached hydrogens (tertiary/aromatic N) is 2. The number of hydrogen-bond donors (Lipinski definition) is 3. The van der Waals surface area contributed by atoms with Crippen molar-refractivity contribution in [2.45, 2.75) is 17.7 Å². The average molecular weight is 416 g/mol. The van der Waals surface area contributed by atoms with E-state index in [-0.39, 0.29) is 23.3 Å². The molecule has 7 nitrogen and oxygen atoms in total. The number of thiol groups is 1. The molecule has 3 rings (SSSR count). The van der Waals surface area contributed by atoms with Crippen LogP contribution in [0.15, 0.2) is 47.4 Å². The molecule has 1 saturated heterocycles. The summed E-state index contributed by atoms with van der Waals surface area (Å²) < 4.78 is 0. The van der Waals surface area contributed by atoms with Crippen molar-refractivity contribution >= 4 is 30.1 Å². The Balaban J connectivity index is 1.74. The van der Waals surface area contributed by atoms with Gasteiger partial charge in [-0.05, 0) is 56.3 Å². The van der Waals surface area contributed by atoms with Crippen molar-refractivity contribution in [1.82, 2.24) is 10.2 Å². The summed E-state index contributed by atoms with van der Waals surface area (Å²) in [6.45, 7) is 3.51. The lowest BCUT2D eigenvalue weighted by Gasteiger charge is -2.21. The largest absolute Gasteiger partial charge is 0.351 e. The van der Waals surface area contributed by atoms with Gasteiger partial charge in [-0.1, -0.05) is 12.1 Å². The summed E-state index contributed by atoms with van der Waals surface area (Å²) in [5, 5.41) is 12.1. The third-order valence-electron chi connectivity index (χ3n) is 5.03. The minimum Gasteiger partial charge on any atom is -0.351 e. The molecule has 29 heavy (non-hydrogen) atoms. The fourth-order valence-corrected chi connectivity index (χ4v) is 3.63. The van der Waals surface area contributed by atoms with Crippen molar-refractivity contribution in [3.63, 3.8) is 0 Å². The van der Waals surface area contributed by atoms with Gasteiger partial charge in [0.05, 0.1) is 11.3 Å². The number of nitrogens with one attached hydrogen (secondary N) is 1. The summed E-state index contributed by atoms with van der Waals surface area (Å²) in [4.78, 5) is 34.0. The maximum absolute atomic E-state index is 12.9. The van der Waals surface area contributed by atoms with Gasteiger partial charge in [-0.3, -0.25) is 9.59 Å². The van der Waals surface area contributed by atoms with Gasteiger partial charge in [0, 0.05) is 30.6 Å². The van der Waals surface area contributed by atoms with Gasteiger partial charge in [-0.25, -0.2) is 5.26 Å². The molecule has 0 radical (unpaired) electrons. The molecule has 1 aliphatic rings. The minimum absolute atomic E-state index is 0.0751. The van der Waals surface area contributed by atoms with E-state index in [4.69, 9.17) is 0 Å². The first kappa shape index (κ1) is 21.2. The van der Waals surface area contributed by atoms with Crippen molar-refractivity contribution in [3.8, 4) is 5.75 Å². The summed E-state index contributed by atoms with van der Waals surface area (Å²) in [6, 6.07) is 11.4. The predicted octanol–water partition coefficient (Wildman–Crippen LogP) is 2.93. The average Bonchev–Trinajstić information content (AvgIpc) is 3.26. The Labute approximate surface area is 175 Å². The zero-order valence-corrected chi connectivity index (χ0v) is 17.2. The van der Waals surface area contributed by atoms with E-state index < -0.39 is 0 Å². The summed E-state index contributed by atoms with van der Waals surface area (Å²) in [5.41, 5.74) is 1.06. The quantitative estimate of drug-likeness (QED) is 0.368. The highest BCUT2D eigenvalue weighted by molar-refractivity contribution is 7.80. The minimum atomic E-state index is -0.333. The molecule has 2 aromatic carbocycles. The van der Waals surface area contributed by atoms with Crippen LogP contribution in [0.3, 0.4) is 0 Å². The van der Waals surface area contributed by atoms with Crippen LogP contribution in [0.1, 0.15) is 33.6 Å². The van der Waals surface area contributed by atoms with Crippen molar-refractivity contribution in [3.05, 3.63) is 53.6 Å². The van der Waals surface area contributed by atoms with Crippen LogP contribution in [0.2, 0.25) is 0 Å². The number of anilines is 1. The van der Waals surface area contributed by atoms with Gasteiger partial charge in [-0.15, -0.1) is 12.6 Å². The molecule has 0 saturated carbocycles. The highest BCUT2D eigenvalue weighted by Crippen LogP contribution is 2.30. The van der Waals surface area contributed by atoms with E-state index in [0.717, 1.165) is 19.6 Å². The lowest BCUT2D eigenvalue weighted by molar-refractivity contribution is -0.137. The third-order valence-corrected chi connectivity index (χ3v) is 5.42. The number of likely N-dealkylation sites (tertiary alicyclic amines) is 1. The van der Waals surface area contributed by atoms with Gasteiger partial charge in [0.1, 0.15) is 0 Å². The van der Waals surface area contributed by atoms with E-state index in [2.05, 4.69) is 27.7 Å². The Morgan fingerprint density at radius 1 is 1.21 bits per heavy atom. The van der Waals surface area contributed by atoms with Crippen LogP contribution in [-0.2, 0) is 0 Å². The van der Waals surface area contributed by atoms with Gasteiger partial charge in [-0.2, -0.15) is 0 Å². The number of amides is 2. The molecule has 0 spiro atoms. The topological polar surface area (TPSA) is 82.1 Å². The Morgan fingerprint density at radius 2 is 1.93 bits per heavy atom. The van der Waals surface area contributed by atoms with E-state index in [1.807, 2.05) is 0 Å². The zero-order chi connectivity index (χ0) is 20.8. The Morgan fingerprint density at radius 3 is 2.62 bits per heavy atom. The summed E-state index contributed by atoms with van der Waals surface area (Å²) in [7, 11) is 1.55. The van der Waals surface area contributed by atoms with Crippen LogP contribution >= 0.6 is 12.6 Å². The van der Waals surface area contributed by atoms with Crippen LogP contribution in [0.25, 0.3) is 0 Å². The fraction of sp³-hybridized carbons (Fsp3) is 0.333. The highest BCUT2D eigenvalue weighted by Gasteiger charge is 2.21. The maximum Gasteiger partial charge on any atom is 0.259 e. The summed E-state index contributed by atoms with van der Waals surface area (Å²) in [6.07, 6.45) is 2.41. The standard InChI is InChI=1S/C21H25N3O4S/c1-23(21(26)16-6-2-3-7-19(16)29)17-14-15(8-9-18(17)28-27)20(25)22-10-13-24-11-4-5-12-24/h2-3,6-9,14,27,29H,4-5,10-13H2,1H3,(H,22,25). The van der Waals surface area contributed by atoms with Gasteiger partial charge in [0.25, 0.3) is 11.8 Å². The van der Waals surface area contributed by atoms with Gasteiger partial charge in [0.2, 0.25) is 0 Å². The first-order valence-electron chi connectivity index (χ1n) is 9.53. The molecule has 1 fully saturated rings. The third kappa shape index (κ3) is 5.09. The van der Waals surface area contributed by atoms with Crippen molar-refractivity contribution in [1.29, 1.82) is 0 Å². The van der Waals surface area contributed by atoms with Crippen LogP contribution < -0.4 is 15.1 Å². The number of hydrogen-bond acceptors (Lipinski definition) is 6. The van der Waals surface area contributed by atoms with Crippen molar-refractivity contribution < 1.29 is 19.7 Å². The van der Waals surface area contributed by atoms with Crippen LogP contribution in [-0.4, -0.2) is 55.2 Å². The second kappa shape index (κ2) is 9.78. The fourth-order valence-electron chi connectivity index (χ4n) is 3.38. The van der Waals surface area contributed by atoms with E-state index in [9.17, 15) is 14.8 Å². The maximum atomic E-state index is 12.9. The molecule has 0 aliphatic carbocycles. The molecule has 8 heteroatoms. The van der Waals surface area contributed by atoms with Crippen LogP contribution in [0.5, 0.6) is 5.75 Å². The van der Waals surface area contributed by atoms with E-state index >= 15 is 0 Å². The molecule has 2 aromatic rings. The molecular weight excluding hydrogens is 390 g/mol. The first-order chi connectivity index (χ1) is 14.0. The Bertz CT molecular complexity index is 884. The molecule has 0 unspecified atom stereocenters.